The molecule has 1 unspecified atom stereocenters. The zero-order valence-electron chi connectivity index (χ0n) is 17.1. The van der Waals surface area contributed by atoms with Gasteiger partial charge >= 0.3 is 5.97 Å². The molecule has 30 heavy (non-hydrogen) atoms. The van der Waals surface area contributed by atoms with Crippen molar-refractivity contribution in [1.82, 2.24) is 10.3 Å². The molecule has 3 rings (SSSR count). The number of hydrogen-bond acceptors (Lipinski definition) is 5. The number of aliphatic carboxylic acids is 1. The standard InChI is InChI=1S/C23H24N2O5/c1-14(2)29-18-6-8-19(9-7-18)30-22-11-5-17-12-16(4-10-20(17)25-22)15(3)24-21(26)13-23(27)28/h4-12,14-15H,13H2,1-3H3,(H,24,26)(H,27,28). The Morgan fingerprint density at radius 2 is 1.70 bits per heavy atom. The molecule has 0 aliphatic rings. The zero-order chi connectivity index (χ0) is 21.7. The number of pyridine rings is 1. The van der Waals surface area contributed by atoms with Gasteiger partial charge < -0.3 is 19.9 Å². The monoisotopic (exact) mass is 408 g/mol. The molecule has 2 aromatic carbocycles. The SMILES string of the molecule is CC(C)Oc1ccc(Oc2ccc3cc(C(C)NC(=O)CC(=O)O)ccc3n2)cc1. The van der Waals surface area contributed by atoms with E-state index in [1.165, 1.54) is 0 Å². The molecule has 0 fully saturated rings. The van der Waals surface area contributed by atoms with E-state index in [4.69, 9.17) is 14.6 Å². The van der Waals surface area contributed by atoms with Crippen LogP contribution < -0.4 is 14.8 Å². The summed E-state index contributed by atoms with van der Waals surface area (Å²) in [4.78, 5) is 26.8. The minimum atomic E-state index is -1.16. The van der Waals surface area contributed by atoms with Crippen LogP contribution in [-0.2, 0) is 9.59 Å². The number of ether oxygens (including phenoxy) is 2. The molecule has 1 atom stereocenters. The van der Waals surface area contributed by atoms with Gasteiger partial charge in [-0.05, 0) is 68.8 Å². The number of amides is 1. The first-order chi connectivity index (χ1) is 14.3. The first-order valence-corrected chi connectivity index (χ1v) is 9.66. The highest BCUT2D eigenvalue weighted by molar-refractivity contribution is 5.93. The molecule has 7 heteroatoms. The van der Waals surface area contributed by atoms with Gasteiger partial charge in [-0.15, -0.1) is 0 Å². The maximum atomic E-state index is 11.7. The minimum Gasteiger partial charge on any atom is -0.491 e. The van der Waals surface area contributed by atoms with Gasteiger partial charge in [-0.3, -0.25) is 9.59 Å². The van der Waals surface area contributed by atoms with Crippen LogP contribution in [0.5, 0.6) is 17.4 Å². The lowest BCUT2D eigenvalue weighted by atomic mass is 10.1. The van der Waals surface area contributed by atoms with E-state index in [-0.39, 0.29) is 12.1 Å². The molecule has 0 aliphatic heterocycles. The van der Waals surface area contributed by atoms with Crippen molar-refractivity contribution in [2.24, 2.45) is 0 Å². The van der Waals surface area contributed by atoms with Gasteiger partial charge in [-0.2, -0.15) is 0 Å². The number of aromatic nitrogens is 1. The number of carboxylic acids is 1. The quantitative estimate of drug-likeness (QED) is 0.534. The van der Waals surface area contributed by atoms with Crippen molar-refractivity contribution in [2.45, 2.75) is 39.3 Å². The lowest BCUT2D eigenvalue weighted by molar-refractivity contribution is -0.140. The number of hydrogen-bond donors (Lipinski definition) is 2. The van der Waals surface area contributed by atoms with Crippen LogP contribution in [-0.4, -0.2) is 28.1 Å². The van der Waals surface area contributed by atoms with Crippen molar-refractivity contribution in [2.75, 3.05) is 0 Å². The van der Waals surface area contributed by atoms with Crippen LogP contribution in [0.4, 0.5) is 0 Å². The van der Waals surface area contributed by atoms with Gasteiger partial charge in [0.2, 0.25) is 11.8 Å². The highest BCUT2D eigenvalue weighted by atomic mass is 16.5. The summed E-state index contributed by atoms with van der Waals surface area (Å²) >= 11 is 0. The fraction of sp³-hybridized carbons (Fsp3) is 0.261. The first kappa shape index (κ1) is 21.1. The smallest absolute Gasteiger partial charge is 0.312 e. The van der Waals surface area contributed by atoms with Crippen LogP contribution in [0, 0.1) is 0 Å². The molecule has 156 valence electrons. The fourth-order valence-electron chi connectivity index (χ4n) is 2.94. The Hall–Kier alpha value is -3.61. The third-order valence-corrected chi connectivity index (χ3v) is 4.29. The van der Waals surface area contributed by atoms with Crippen molar-refractivity contribution in [3.8, 4) is 17.4 Å². The molecule has 7 nitrogen and oxygen atoms in total. The lowest BCUT2D eigenvalue weighted by Gasteiger charge is -2.14. The zero-order valence-corrected chi connectivity index (χ0v) is 17.1. The maximum absolute atomic E-state index is 11.7. The van der Waals surface area contributed by atoms with E-state index in [9.17, 15) is 9.59 Å². The summed E-state index contributed by atoms with van der Waals surface area (Å²) in [6.07, 6.45) is -0.442. The molecule has 1 aromatic heterocycles. The fourth-order valence-corrected chi connectivity index (χ4v) is 2.94. The molecular weight excluding hydrogens is 384 g/mol. The summed E-state index contributed by atoms with van der Waals surface area (Å²) in [7, 11) is 0. The number of fused-ring (bicyclic) bond motifs is 1. The molecule has 0 bridgehead atoms. The summed E-state index contributed by atoms with van der Waals surface area (Å²) in [5, 5.41) is 12.3. The molecule has 0 saturated carbocycles. The van der Waals surface area contributed by atoms with Crippen molar-refractivity contribution in [1.29, 1.82) is 0 Å². The van der Waals surface area contributed by atoms with E-state index in [2.05, 4.69) is 10.3 Å². The average molecular weight is 408 g/mol. The van der Waals surface area contributed by atoms with Crippen molar-refractivity contribution in [3.05, 3.63) is 60.2 Å². The predicted octanol–water partition coefficient (Wildman–Crippen LogP) is 4.47. The number of nitrogens with zero attached hydrogens (tertiary/aromatic N) is 1. The van der Waals surface area contributed by atoms with E-state index in [1.54, 1.807) is 13.0 Å². The third-order valence-electron chi connectivity index (χ3n) is 4.29. The number of benzene rings is 2. The Labute approximate surface area is 174 Å². The summed E-state index contributed by atoms with van der Waals surface area (Å²) in [6, 6.07) is 16.3. The number of carbonyl (C=O) groups is 2. The van der Waals surface area contributed by atoms with Crippen LogP contribution in [0.1, 0.15) is 38.8 Å². The average Bonchev–Trinajstić information content (AvgIpc) is 2.68. The predicted molar refractivity (Wildman–Crippen MR) is 113 cm³/mol. The Kier molecular flexibility index (Phi) is 6.51. The van der Waals surface area contributed by atoms with Gasteiger partial charge in [0.05, 0.1) is 17.7 Å². The Morgan fingerprint density at radius 1 is 1.00 bits per heavy atom. The largest absolute Gasteiger partial charge is 0.491 e. The first-order valence-electron chi connectivity index (χ1n) is 9.66. The Morgan fingerprint density at radius 3 is 2.37 bits per heavy atom. The molecule has 3 aromatic rings. The van der Waals surface area contributed by atoms with E-state index >= 15 is 0 Å². The van der Waals surface area contributed by atoms with Gasteiger partial charge in [0.25, 0.3) is 0 Å². The molecule has 0 radical (unpaired) electrons. The van der Waals surface area contributed by atoms with Gasteiger partial charge in [0.15, 0.2) is 0 Å². The minimum absolute atomic E-state index is 0.108. The van der Waals surface area contributed by atoms with Gasteiger partial charge in [-0.25, -0.2) is 4.98 Å². The molecular formula is C23H24N2O5. The molecule has 2 N–H and O–H groups in total. The van der Waals surface area contributed by atoms with Gasteiger partial charge in [0.1, 0.15) is 17.9 Å². The molecule has 0 aliphatic carbocycles. The Balaban J connectivity index is 1.70. The number of carbonyl (C=O) groups excluding carboxylic acids is 1. The normalized spacial score (nSPS) is 11.9. The number of rotatable bonds is 8. The van der Waals surface area contributed by atoms with Crippen LogP contribution in [0.15, 0.2) is 54.6 Å². The summed E-state index contributed by atoms with van der Waals surface area (Å²) in [6.45, 7) is 5.75. The van der Waals surface area contributed by atoms with Gasteiger partial charge in [0, 0.05) is 11.5 Å². The summed E-state index contributed by atoms with van der Waals surface area (Å²) in [5.41, 5.74) is 1.61. The van der Waals surface area contributed by atoms with Gasteiger partial charge in [-0.1, -0.05) is 6.07 Å². The van der Waals surface area contributed by atoms with Crippen LogP contribution >= 0.6 is 0 Å². The third kappa shape index (κ3) is 5.70. The lowest BCUT2D eigenvalue weighted by Crippen LogP contribution is -2.28. The van der Waals surface area contributed by atoms with Crippen LogP contribution in [0.3, 0.4) is 0 Å². The molecule has 1 heterocycles. The summed E-state index contributed by atoms with van der Waals surface area (Å²) < 4.78 is 11.5. The summed E-state index contributed by atoms with van der Waals surface area (Å²) in [5.74, 6) is 0.222. The highest BCUT2D eigenvalue weighted by Gasteiger charge is 2.13. The van der Waals surface area contributed by atoms with E-state index < -0.39 is 18.3 Å². The number of carboxylic acid groups (broad SMARTS) is 1. The second kappa shape index (κ2) is 9.26. The van der Waals surface area contributed by atoms with E-state index in [0.717, 1.165) is 22.2 Å². The van der Waals surface area contributed by atoms with Crippen LogP contribution in [0.25, 0.3) is 10.9 Å². The second-order valence-electron chi connectivity index (χ2n) is 7.20. The van der Waals surface area contributed by atoms with Crippen molar-refractivity contribution >= 4 is 22.8 Å². The van der Waals surface area contributed by atoms with Crippen LogP contribution in [0.2, 0.25) is 0 Å². The number of nitrogens with one attached hydrogen (secondary N) is 1. The van der Waals surface area contributed by atoms with E-state index in [1.807, 2.05) is 62.4 Å². The second-order valence-corrected chi connectivity index (χ2v) is 7.20. The molecule has 0 saturated heterocycles. The van der Waals surface area contributed by atoms with E-state index in [0.29, 0.717) is 11.6 Å². The topological polar surface area (TPSA) is 97.8 Å². The molecule has 1 amide bonds. The van der Waals surface area contributed by atoms with Crippen molar-refractivity contribution < 1.29 is 24.2 Å². The molecule has 0 spiro atoms. The van der Waals surface area contributed by atoms with Crippen molar-refractivity contribution in [3.63, 3.8) is 0 Å². The Bertz CT molecular complexity index is 1050. The maximum Gasteiger partial charge on any atom is 0.312 e. The highest BCUT2D eigenvalue weighted by Crippen LogP contribution is 2.26.